The van der Waals surface area contributed by atoms with E-state index in [0.29, 0.717) is 5.56 Å². The molecule has 2 aromatic carbocycles. The van der Waals surface area contributed by atoms with Crippen LogP contribution in [0.2, 0.25) is 0 Å². The van der Waals surface area contributed by atoms with E-state index in [1.54, 1.807) is 0 Å². The van der Waals surface area contributed by atoms with Crippen molar-refractivity contribution in [2.45, 2.75) is 61.4 Å². The second kappa shape index (κ2) is 12.1. The molecular weight excluding hydrogens is 564 g/mol. The van der Waals surface area contributed by atoms with Crippen LogP contribution >= 0.6 is 0 Å². The fraction of sp³-hybridized carbons (Fsp3) is 0.444. The van der Waals surface area contributed by atoms with E-state index < -0.39 is 85.8 Å². The van der Waals surface area contributed by atoms with Gasteiger partial charge in [0, 0.05) is 12.1 Å². The predicted octanol–water partition coefficient (Wildman–Crippen LogP) is -2.13. The van der Waals surface area contributed by atoms with Crippen LogP contribution in [0.1, 0.15) is 0 Å². The van der Waals surface area contributed by atoms with Crippen molar-refractivity contribution >= 4 is 11.0 Å². The number of aliphatic hydroxyl groups is 7. The van der Waals surface area contributed by atoms with E-state index in [9.17, 15) is 50.8 Å². The Balaban J connectivity index is 1.45. The number of aromatic hydroxyl groups is 2. The van der Waals surface area contributed by atoms with Gasteiger partial charge in [-0.15, -0.1) is 0 Å². The lowest BCUT2D eigenvalue weighted by atomic mass is 9.97. The molecule has 1 aromatic heterocycles. The third kappa shape index (κ3) is 5.55. The first-order valence-electron chi connectivity index (χ1n) is 12.9. The molecule has 0 spiro atoms. The van der Waals surface area contributed by atoms with E-state index in [4.69, 9.17) is 23.4 Å². The van der Waals surface area contributed by atoms with E-state index >= 15 is 0 Å². The molecule has 0 bridgehead atoms. The largest absolute Gasteiger partial charge is 0.508 e. The van der Waals surface area contributed by atoms with Crippen LogP contribution in [0.25, 0.3) is 22.1 Å². The highest BCUT2D eigenvalue weighted by molar-refractivity contribution is 5.88. The highest BCUT2D eigenvalue weighted by atomic mass is 16.8. The Morgan fingerprint density at radius 1 is 0.762 bits per heavy atom. The molecule has 42 heavy (non-hydrogen) atoms. The molecule has 3 heterocycles. The first-order chi connectivity index (χ1) is 20.0. The summed E-state index contributed by atoms with van der Waals surface area (Å²) in [6, 6.07) is 8.04. The van der Waals surface area contributed by atoms with Crippen LogP contribution in [0.5, 0.6) is 17.2 Å². The second-order valence-electron chi connectivity index (χ2n) is 9.96. The molecular formula is C27H30O15. The van der Waals surface area contributed by atoms with Crippen molar-refractivity contribution in [2.75, 3.05) is 13.2 Å². The minimum atomic E-state index is -1.86. The van der Waals surface area contributed by atoms with Gasteiger partial charge >= 0.3 is 0 Å². The lowest BCUT2D eigenvalue weighted by molar-refractivity contribution is -0.357. The molecule has 2 aliphatic rings. The summed E-state index contributed by atoms with van der Waals surface area (Å²) in [5, 5.41) is 90.9. The van der Waals surface area contributed by atoms with Gasteiger partial charge in [0.1, 0.15) is 77.2 Å². The van der Waals surface area contributed by atoms with Crippen LogP contribution < -0.4 is 10.2 Å². The summed E-state index contributed by atoms with van der Waals surface area (Å²) in [4.78, 5) is 13.2. The van der Waals surface area contributed by atoms with Crippen LogP contribution in [0.4, 0.5) is 0 Å². The van der Waals surface area contributed by atoms with E-state index in [-0.39, 0.29) is 28.0 Å². The molecule has 15 heteroatoms. The highest BCUT2D eigenvalue weighted by Gasteiger charge is 2.51. The number of hydrogen-bond donors (Lipinski definition) is 9. The van der Waals surface area contributed by atoms with Crippen LogP contribution in [0.3, 0.4) is 0 Å². The predicted molar refractivity (Wildman–Crippen MR) is 138 cm³/mol. The van der Waals surface area contributed by atoms with Crippen molar-refractivity contribution < 1.29 is 69.3 Å². The molecule has 2 aliphatic heterocycles. The van der Waals surface area contributed by atoms with Crippen LogP contribution in [0, 0.1) is 0 Å². The van der Waals surface area contributed by atoms with Gasteiger partial charge in [-0.2, -0.15) is 0 Å². The number of phenols is 2. The van der Waals surface area contributed by atoms with Crippen molar-refractivity contribution in [3.63, 3.8) is 0 Å². The van der Waals surface area contributed by atoms with Gasteiger partial charge in [-0.1, -0.05) is 12.1 Å². The third-order valence-corrected chi connectivity index (χ3v) is 7.23. The van der Waals surface area contributed by atoms with Crippen molar-refractivity contribution in [2.24, 2.45) is 0 Å². The van der Waals surface area contributed by atoms with Gasteiger partial charge in [0.15, 0.2) is 12.4 Å². The number of benzene rings is 2. The SMILES string of the molecule is O=c1c(-c2ccc(O)cc2)coc2cc(OC3OC(CO)C(O)C(O)C3OC3OC(CO)C(O)C(O)C3O)cc(O)c12. The molecule has 5 rings (SSSR count). The molecule has 0 saturated carbocycles. The van der Waals surface area contributed by atoms with Gasteiger partial charge in [-0.3, -0.25) is 4.79 Å². The Bertz CT molecular complexity index is 1440. The Labute approximate surface area is 236 Å². The third-order valence-electron chi connectivity index (χ3n) is 7.23. The smallest absolute Gasteiger partial charge is 0.229 e. The van der Waals surface area contributed by atoms with Gasteiger partial charge < -0.3 is 69.3 Å². The van der Waals surface area contributed by atoms with E-state index in [1.807, 2.05) is 0 Å². The first-order valence-corrected chi connectivity index (χ1v) is 12.9. The summed E-state index contributed by atoms with van der Waals surface area (Å²) < 4.78 is 27.9. The average molecular weight is 595 g/mol. The Hall–Kier alpha value is -3.35. The maximum absolute atomic E-state index is 13.2. The fourth-order valence-electron chi connectivity index (χ4n) is 4.88. The minimum absolute atomic E-state index is 0.00611. The molecule has 10 unspecified atom stereocenters. The average Bonchev–Trinajstić information content (AvgIpc) is 2.97. The molecule has 0 radical (unpaired) electrons. The topological polar surface area (TPSA) is 249 Å². The maximum Gasteiger partial charge on any atom is 0.229 e. The molecule has 2 fully saturated rings. The van der Waals surface area contributed by atoms with Crippen molar-refractivity contribution in [3.05, 3.63) is 52.9 Å². The lowest BCUT2D eigenvalue weighted by Gasteiger charge is -2.45. The quantitative estimate of drug-likeness (QED) is 0.142. The molecule has 3 aromatic rings. The maximum atomic E-state index is 13.2. The first kappa shape index (κ1) is 30.1. The molecule has 228 valence electrons. The number of ether oxygens (including phenoxy) is 4. The Morgan fingerprint density at radius 2 is 1.38 bits per heavy atom. The number of hydrogen-bond acceptors (Lipinski definition) is 15. The zero-order valence-corrected chi connectivity index (χ0v) is 21.7. The summed E-state index contributed by atoms with van der Waals surface area (Å²) >= 11 is 0. The Kier molecular flexibility index (Phi) is 8.68. The van der Waals surface area contributed by atoms with Gasteiger partial charge in [-0.25, -0.2) is 0 Å². The van der Waals surface area contributed by atoms with Crippen molar-refractivity contribution in [1.82, 2.24) is 0 Å². The number of aliphatic hydroxyl groups excluding tert-OH is 7. The van der Waals surface area contributed by atoms with Crippen LogP contribution in [0.15, 0.2) is 51.9 Å². The summed E-state index contributed by atoms with van der Waals surface area (Å²) in [6.07, 6.45) is -15.4. The standard InChI is InChI=1S/C27H30O15/c28-7-16-20(33)22(35)24(37)26(40-16)42-25-23(36)21(34)17(8-29)41-27(25)39-12-5-14(31)18-15(6-12)38-9-13(19(18)32)10-1-3-11(30)4-2-10/h1-6,9,16-17,20-31,33-37H,7-8H2. The molecule has 2 saturated heterocycles. The molecule has 10 atom stereocenters. The minimum Gasteiger partial charge on any atom is -0.508 e. The monoisotopic (exact) mass is 594 g/mol. The van der Waals surface area contributed by atoms with Gasteiger partial charge in [0.2, 0.25) is 11.7 Å². The van der Waals surface area contributed by atoms with E-state index in [0.717, 1.165) is 12.3 Å². The Morgan fingerprint density at radius 3 is 2.02 bits per heavy atom. The fourth-order valence-corrected chi connectivity index (χ4v) is 4.88. The van der Waals surface area contributed by atoms with E-state index in [2.05, 4.69) is 0 Å². The summed E-state index contributed by atoms with van der Waals surface area (Å²) in [7, 11) is 0. The number of rotatable bonds is 7. The van der Waals surface area contributed by atoms with Gasteiger partial charge in [0.05, 0.1) is 18.8 Å². The molecule has 15 nitrogen and oxygen atoms in total. The summed E-state index contributed by atoms with van der Waals surface area (Å²) in [5.74, 6) is -0.708. The van der Waals surface area contributed by atoms with Crippen molar-refractivity contribution in [1.29, 1.82) is 0 Å². The highest BCUT2D eigenvalue weighted by Crippen LogP contribution is 2.34. The van der Waals surface area contributed by atoms with E-state index in [1.165, 1.54) is 30.3 Å². The van der Waals surface area contributed by atoms with Gasteiger partial charge in [-0.05, 0) is 17.7 Å². The second-order valence-corrected chi connectivity index (χ2v) is 9.96. The molecule has 0 amide bonds. The van der Waals surface area contributed by atoms with Crippen LogP contribution in [-0.4, -0.2) is 121 Å². The lowest BCUT2D eigenvalue weighted by Crippen LogP contribution is -2.65. The van der Waals surface area contributed by atoms with Gasteiger partial charge in [0.25, 0.3) is 0 Å². The summed E-state index contributed by atoms with van der Waals surface area (Å²) in [6.45, 7) is -1.50. The molecule has 9 N–H and O–H groups in total. The van der Waals surface area contributed by atoms with Crippen molar-refractivity contribution in [3.8, 4) is 28.4 Å². The van der Waals surface area contributed by atoms with Crippen LogP contribution in [-0.2, 0) is 14.2 Å². The zero-order chi connectivity index (χ0) is 30.3. The summed E-state index contributed by atoms with van der Waals surface area (Å²) in [5.41, 5.74) is -0.144. The zero-order valence-electron chi connectivity index (χ0n) is 21.7. The number of fused-ring (bicyclic) bond motifs is 1. The molecule has 0 aliphatic carbocycles. The number of phenolic OH excluding ortho intramolecular Hbond substituents is 2. The normalized spacial score (nSPS) is 33.5.